The highest BCUT2D eigenvalue weighted by atomic mass is 16.2. The molecular weight excluding hydrogens is 316 g/mol. The van der Waals surface area contributed by atoms with Gasteiger partial charge in [0.1, 0.15) is 0 Å². The van der Waals surface area contributed by atoms with E-state index in [1.54, 1.807) is 6.07 Å². The van der Waals surface area contributed by atoms with Crippen molar-refractivity contribution in [3.8, 4) is 0 Å². The summed E-state index contributed by atoms with van der Waals surface area (Å²) in [7, 11) is 0. The van der Waals surface area contributed by atoms with Gasteiger partial charge in [-0.1, -0.05) is 6.07 Å². The van der Waals surface area contributed by atoms with Crippen LogP contribution in [0, 0.1) is 13.8 Å². The predicted octanol–water partition coefficient (Wildman–Crippen LogP) is 0.539. The van der Waals surface area contributed by atoms with Crippen LogP contribution in [0.1, 0.15) is 27.9 Å². The lowest BCUT2D eigenvalue weighted by Gasteiger charge is -2.32. The van der Waals surface area contributed by atoms with Crippen LogP contribution in [-0.2, 0) is 4.79 Å². The molecule has 0 radical (unpaired) electrons. The highest BCUT2D eigenvalue weighted by Gasteiger charge is 2.30. The lowest BCUT2D eigenvalue weighted by atomic mass is 10.1. The number of piperazine rings is 1. The van der Waals surface area contributed by atoms with Crippen molar-refractivity contribution < 1.29 is 9.59 Å². The SMILES string of the molecule is Cc1ccc(C(=O)NCC(=O)N2CCC(N3CCNCC3)C2)cc1C. The number of benzene rings is 1. The van der Waals surface area contributed by atoms with Gasteiger partial charge in [0, 0.05) is 50.9 Å². The monoisotopic (exact) mass is 344 g/mol. The Labute approximate surface area is 149 Å². The molecule has 0 aromatic heterocycles. The smallest absolute Gasteiger partial charge is 0.251 e. The number of aryl methyl sites for hydroxylation is 2. The van der Waals surface area contributed by atoms with E-state index >= 15 is 0 Å². The van der Waals surface area contributed by atoms with Crippen LogP contribution in [0.25, 0.3) is 0 Å². The van der Waals surface area contributed by atoms with E-state index in [1.165, 1.54) is 0 Å². The zero-order valence-corrected chi connectivity index (χ0v) is 15.2. The molecule has 2 aliphatic heterocycles. The Morgan fingerprint density at radius 2 is 1.92 bits per heavy atom. The van der Waals surface area contributed by atoms with Gasteiger partial charge in [-0.3, -0.25) is 14.5 Å². The summed E-state index contributed by atoms with van der Waals surface area (Å²) >= 11 is 0. The van der Waals surface area contributed by atoms with Crippen molar-refractivity contribution in [1.82, 2.24) is 20.4 Å². The summed E-state index contributed by atoms with van der Waals surface area (Å²) in [5.41, 5.74) is 2.84. The fraction of sp³-hybridized carbons (Fsp3) is 0.579. The van der Waals surface area contributed by atoms with Gasteiger partial charge in [0.25, 0.3) is 5.91 Å². The average Bonchev–Trinajstić information content (AvgIpc) is 3.12. The van der Waals surface area contributed by atoms with E-state index in [2.05, 4.69) is 15.5 Å². The molecule has 0 bridgehead atoms. The first-order chi connectivity index (χ1) is 12.0. The summed E-state index contributed by atoms with van der Waals surface area (Å²) in [6.45, 7) is 9.78. The third kappa shape index (κ3) is 4.38. The van der Waals surface area contributed by atoms with E-state index in [1.807, 2.05) is 30.9 Å². The third-order valence-corrected chi connectivity index (χ3v) is 5.35. The molecule has 0 spiro atoms. The number of hydrogen-bond acceptors (Lipinski definition) is 4. The Morgan fingerprint density at radius 1 is 1.16 bits per heavy atom. The number of nitrogens with zero attached hydrogens (tertiary/aromatic N) is 2. The predicted molar refractivity (Wildman–Crippen MR) is 97.7 cm³/mol. The van der Waals surface area contributed by atoms with Crippen molar-refractivity contribution in [3.05, 3.63) is 34.9 Å². The van der Waals surface area contributed by atoms with Crippen LogP contribution in [0.2, 0.25) is 0 Å². The summed E-state index contributed by atoms with van der Waals surface area (Å²) in [4.78, 5) is 29.0. The van der Waals surface area contributed by atoms with Crippen molar-refractivity contribution in [2.24, 2.45) is 0 Å². The standard InChI is InChI=1S/C19H28N4O2/c1-14-3-4-16(11-15(14)2)19(25)21-12-18(24)23-8-5-17(13-23)22-9-6-20-7-10-22/h3-4,11,17,20H,5-10,12-13H2,1-2H3,(H,21,25). The molecule has 0 saturated carbocycles. The number of hydrogen-bond donors (Lipinski definition) is 2. The average molecular weight is 344 g/mol. The molecule has 25 heavy (non-hydrogen) atoms. The second-order valence-electron chi connectivity index (χ2n) is 7.05. The zero-order chi connectivity index (χ0) is 17.8. The molecule has 3 rings (SSSR count). The van der Waals surface area contributed by atoms with Crippen LogP contribution in [0.3, 0.4) is 0 Å². The van der Waals surface area contributed by atoms with E-state index < -0.39 is 0 Å². The van der Waals surface area contributed by atoms with E-state index in [-0.39, 0.29) is 18.4 Å². The number of carbonyl (C=O) groups excluding carboxylic acids is 2. The minimum Gasteiger partial charge on any atom is -0.343 e. The number of amides is 2. The van der Waals surface area contributed by atoms with Crippen LogP contribution in [-0.4, -0.2) is 73.5 Å². The molecule has 2 fully saturated rings. The Bertz CT molecular complexity index is 640. The van der Waals surface area contributed by atoms with Gasteiger partial charge in [0.05, 0.1) is 6.54 Å². The van der Waals surface area contributed by atoms with Crippen LogP contribution < -0.4 is 10.6 Å². The van der Waals surface area contributed by atoms with Gasteiger partial charge in [0.15, 0.2) is 0 Å². The van der Waals surface area contributed by atoms with E-state index in [0.29, 0.717) is 11.6 Å². The molecule has 0 aliphatic carbocycles. The summed E-state index contributed by atoms with van der Waals surface area (Å²) in [5, 5.41) is 6.12. The number of nitrogens with one attached hydrogen (secondary N) is 2. The van der Waals surface area contributed by atoms with Crippen LogP contribution >= 0.6 is 0 Å². The van der Waals surface area contributed by atoms with Gasteiger partial charge >= 0.3 is 0 Å². The zero-order valence-electron chi connectivity index (χ0n) is 15.2. The molecule has 1 aromatic rings. The molecule has 6 heteroatoms. The Hall–Kier alpha value is -1.92. The van der Waals surface area contributed by atoms with Crippen molar-refractivity contribution >= 4 is 11.8 Å². The summed E-state index contributed by atoms with van der Waals surface area (Å²) in [6.07, 6.45) is 1.02. The fourth-order valence-corrected chi connectivity index (χ4v) is 3.57. The van der Waals surface area contributed by atoms with Gasteiger partial charge in [-0.05, 0) is 43.5 Å². The van der Waals surface area contributed by atoms with Gasteiger partial charge in [-0.15, -0.1) is 0 Å². The van der Waals surface area contributed by atoms with Gasteiger partial charge in [-0.25, -0.2) is 0 Å². The molecular formula is C19H28N4O2. The first-order valence-electron chi connectivity index (χ1n) is 9.12. The Balaban J connectivity index is 1.47. The van der Waals surface area contributed by atoms with Gasteiger partial charge in [0.2, 0.25) is 5.91 Å². The van der Waals surface area contributed by atoms with Crippen molar-refractivity contribution in [2.75, 3.05) is 45.8 Å². The Kier molecular flexibility index (Phi) is 5.71. The van der Waals surface area contributed by atoms with Crippen LogP contribution in [0.4, 0.5) is 0 Å². The second kappa shape index (κ2) is 7.97. The maximum absolute atomic E-state index is 12.4. The number of likely N-dealkylation sites (tertiary alicyclic amines) is 1. The molecule has 2 heterocycles. The summed E-state index contributed by atoms with van der Waals surface area (Å²) in [6, 6.07) is 6.07. The highest BCUT2D eigenvalue weighted by molar-refractivity contribution is 5.96. The fourth-order valence-electron chi connectivity index (χ4n) is 3.57. The minimum atomic E-state index is -0.186. The first-order valence-corrected chi connectivity index (χ1v) is 9.12. The molecule has 2 aliphatic rings. The largest absolute Gasteiger partial charge is 0.343 e. The van der Waals surface area contributed by atoms with Crippen LogP contribution in [0.5, 0.6) is 0 Å². The molecule has 2 amide bonds. The molecule has 136 valence electrons. The maximum Gasteiger partial charge on any atom is 0.251 e. The van der Waals surface area contributed by atoms with Gasteiger partial charge < -0.3 is 15.5 Å². The van der Waals surface area contributed by atoms with E-state index in [0.717, 1.165) is 56.8 Å². The van der Waals surface area contributed by atoms with Crippen LogP contribution in [0.15, 0.2) is 18.2 Å². The van der Waals surface area contributed by atoms with Crippen molar-refractivity contribution in [3.63, 3.8) is 0 Å². The second-order valence-corrected chi connectivity index (χ2v) is 7.05. The van der Waals surface area contributed by atoms with Crippen molar-refractivity contribution in [1.29, 1.82) is 0 Å². The van der Waals surface area contributed by atoms with E-state index in [9.17, 15) is 9.59 Å². The van der Waals surface area contributed by atoms with Gasteiger partial charge in [-0.2, -0.15) is 0 Å². The highest BCUT2D eigenvalue weighted by Crippen LogP contribution is 2.16. The maximum atomic E-state index is 12.4. The first kappa shape index (κ1) is 17.9. The van der Waals surface area contributed by atoms with E-state index in [4.69, 9.17) is 0 Å². The third-order valence-electron chi connectivity index (χ3n) is 5.35. The molecule has 1 atom stereocenters. The molecule has 6 nitrogen and oxygen atoms in total. The quantitative estimate of drug-likeness (QED) is 0.837. The molecule has 1 aromatic carbocycles. The minimum absolute atomic E-state index is 0.00909. The molecule has 2 saturated heterocycles. The normalized spacial score (nSPS) is 21.4. The summed E-state index contributed by atoms with van der Waals surface area (Å²) in [5.74, 6) is -0.177. The molecule has 2 N–H and O–H groups in total. The summed E-state index contributed by atoms with van der Waals surface area (Å²) < 4.78 is 0. The lowest BCUT2D eigenvalue weighted by Crippen LogP contribution is -2.49. The molecule has 1 unspecified atom stereocenters. The lowest BCUT2D eigenvalue weighted by molar-refractivity contribution is -0.129. The number of rotatable bonds is 4. The Morgan fingerprint density at radius 3 is 2.64 bits per heavy atom. The topological polar surface area (TPSA) is 64.7 Å². The number of carbonyl (C=O) groups is 2. The van der Waals surface area contributed by atoms with Crippen molar-refractivity contribution in [2.45, 2.75) is 26.3 Å².